The summed E-state index contributed by atoms with van der Waals surface area (Å²) in [5, 5.41) is 0.948. The second-order valence-corrected chi connectivity index (χ2v) is 3.75. The van der Waals surface area contributed by atoms with E-state index >= 15 is 0 Å². The number of ether oxygens (including phenoxy) is 1. The highest BCUT2D eigenvalue weighted by atomic mass is 16.5. The summed E-state index contributed by atoms with van der Waals surface area (Å²) in [6.45, 7) is 4.61. The number of fused-ring (bicyclic) bond motifs is 1. The molecule has 0 aliphatic carbocycles. The fraction of sp³-hybridized carbons (Fsp3) is 0.308. The molecule has 0 bridgehead atoms. The maximum Gasteiger partial charge on any atom is 0.336 e. The van der Waals surface area contributed by atoms with Crippen molar-refractivity contribution in [3.8, 4) is 5.75 Å². The molecule has 1 heterocycles. The first-order valence-corrected chi connectivity index (χ1v) is 5.38. The van der Waals surface area contributed by atoms with Gasteiger partial charge >= 0.3 is 5.63 Å². The lowest BCUT2D eigenvalue weighted by Crippen LogP contribution is -1.99. The molecule has 0 aliphatic heterocycles. The zero-order valence-corrected chi connectivity index (χ0v) is 9.45. The minimum absolute atomic E-state index is 0.322. The third-order valence-electron chi connectivity index (χ3n) is 2.40. The number of rotatable bonds is 3. The van der Waals surface area contributed by atoms with Crippen molar-refractivity contribution in [3.63, 3.8) is 0 Å². The van der Waals surface area contributed by atoms with Crippen LogP contribution in [0.15, 0.2) is 33.5 Å². The van der Waals surface area contributed by atoms with Crippen LogP contribution in [0.1, 0.15) is 18.9 Å². The van der Waals surface area contributed by atoms with Crippen molar-refractivity contribution in [2.45, 2.75) is 20.3 Å². The van der Waals surface area contributed by atoms with Crippen LogP contribution < -0.4 is 10.4 Å². The van der Waals surface area contributed by atoms with E-state index in [1.165, 1.54) is 6.07 Å². The quantitative estimate of drug-likeness (QED) is 0.743. The van der Waals surface area contributed by atoms with Crippen LogP contribution in [0, 0.1) is 6.92 Å². The molecule has 0 unspecified atom stereocenters. The number of hydrogen-bond acceptors (Lipinski definition) is 3. The molecule has 0 amide bonds. The molecule has 3 heteroatoms. The molecule has 0 saturated carbocycles. The Bertz CT molecular complexity index is 555. The Morgan fingerprint density at radius 3 is 2.88 bits per heavy atom. The largest absolute Gasteiger partial charge is 0.493 e. The molecule has 0 fully saturated rings. The van der Waals surface area contributed by atoms with Gasteiger partial charge in [0.25, 0.3) is 0 Å². The maximum absolute atomic E-state index is 11.2. The van der Waals surface area contributed by atoms with E-state index in [0.717, 1.165) is 23.1 Å². The van der Waals surface area contributed by atoms with Crippen LogP contribution >= 0.6 is 0 Å². The Morgan fingerprint density at radius 1 is 1.31 bits per heavy atom. The van der Waals surface area contributed by atoms with Gasteiger partial charge in [-0.05, 0) is 31.0 Å². The van der Waals surface area contributed by atoms with Crippen molar-refractivity contribution in [2.24, 2.45) is 0 Å². The third kappa shape index (κ3) is 2.08. The summed E-state index contributed by atoms with van der Waals surface area (Å²) in [7, 11) is 0. The second-order valence-electron chi connectivity index (χ2n) is 3.75. The Balaban J connectivity index is 2.49. The fourth-order valence-corrected chi connectivity index (χ4v) is 1.61. The normalized spacial score (nSPS) is 10.6. The Labute approximate surface area is 93.7 Å². The first-order valence-electron chi connectivity index (χ1n) is 5.38. The topological polar surface area (TPSA) is 39.4 Å². The Kier molecular flexibility index (Phi) is 2.95. The van der Waals surface area contributed by atoms with Crippen molar-refractivity contribution in [2.75, 3.05) is 6.61 Å². The van der Waals surface area contributed by atoms with Gasteiger partial charge in [0, 0.05) is 17.5 Å². The van der Waals surface area contributed by atoms with Crippen molar-refractivity contribution >= 4 is 11.0 Å². The number of aryl methyl sites for hydroxylation is 1. The van der Waals surface area contributed by atoms with E-state index < -0.39 is 0 Å². The average Bonchev–Trinajstić information content (AvgIpc) is 2.25. The van der Waals surface area contributed by atoms with Crippen LogP contribution in [-0.2, 0) is 0 Å². The van der Waals surface area contributed by atoms with Crippen LogP contribution in [0.2, 0.25) is 0 Å². The van der Waals surface area contributed by atoms with Gasteiger partial charge in [-0.3, -0.25) is 0 Å². The van der Waals surface area contributed by atoms with Crippen molar-refractivity contribution in [1.82, 2.24) is 0 Å². The predicted octanol–water partition coefficient (Wildman–Crippen LogP) is 2.89. The van der Waals surface area contributed by atoms with E-state index in [1.807, 2.05) is 26.0 Å². The van der Waals surface area contributed by atoms with Crippen LogP contribution in [0.3, 0.4) is 0 Å². The van der Waals surface area contributed by atoms with Gasteiger partial charge in [0.15, 0.2) is 0 Å². The van der Waals surface area contributed by atoms with E-state index in [2.05, 4.69) is 0 Å². The number of hydrogen-bond donors (Lipinski definition) is 0. The lowest BCUT2D eigenvalue weighted by atomic mass is 10.1. The Hall–Kier alpha value is -1.77. The zero-order valence-electron chi connectivity index (χ0n) is 9.45. The minimum Gasteiger partial charge on any atom is -0.493 e. The lowest BCUT2D eigenvalue weighted by Gasteiger charge is -2.05. The summed E-state index contributed by atoms with van der Waals surface area (Å²) >= 11 is 0. The zero-order chi connectivity index (χ0) is 11.5. The highest BCUT2D eigenvalue weighted by molar-refractivity contribution is 5.81. The molecule has 1 aromatic carbocycles. The monoisotopic (exact) mass is 218 g/mol. The SMILES string of the molecule is CCCOc1ccc2c(C)cc(=O)oc2c1. The van der Waals surface area contributed by atoms with Gasteiger partial charge in [0.05, 0.1) is 6.61 Å². The average molecular weight is 218 g/mol. The van der Waals surface area contributed by atoms with Gasteiger partial charge in [-0.1, -0.05) is 6.92 Å². The molecule has 0 spiro atoms. The Morgan fingerprint density at radius 2 is 2.12 bits per heavy atom. The van der Waals surface area contributed by atoms with Crippen molar-refractivity contribution in [1.29, 1.82) is 0 Å². The van der Waals surface area contributed by atoms with Crippen LogP contribution in [0.4, 0.5) is 0 Å². The molecule has 0 saturated heterocycles. The van der Waals surface area contributed by atoms with Gasteiger partial charge in [0.1, 0.15) is 11.3 Å². The summed E-state index contributed by atoms with van der Waals surface area (Å²) in [5.74, 6) is 0.739. The smallest absolute Gasteiger partial charge is 0.336 e. The third-order valence-corrected chi connectivity index (χ3v) is 2.40. The molecular weight excluding hydrogens is 204 g/mol. The second kappa shape index (κ2) is 4.39. The molecule has 1 aromatic heterocycles. The number of benzene rings is 1. The molecule has 2 aromatic rings. The van der Waals surface area contributed by atoms with Gasteiger partial charge in [-0.25, -0.2) is 4.79 Å². The van der Waals surface area contributed by atoms with Gasteiger partial charge in [-0.2, -0.15) is 0 Å². The molecular formula is C13H14O3. The molecule has 0 N–H and O–H groups in total. The van der Waals surface area contributed by atoms with Crippen molar-refractivity contribution < 1.29 is 9.15 Å². The molecule has 0 radical (unpaired) electrons. The first kappa shape index (κ1) is 10.7. The first-order chi connectivity index (χ1) is 7.70. The van der Waals surface area contributed by atoms with Gasteiger partial charge in [0.2, 0.25) is 0 Å². The minimum atomic E-state index is -0.322. The summed E-state index contributed by atoms with van der Waals surface area (Å²) in [4.78, 5) is 11.2. The molecule has 16 heavy (non-hydrogen) atoms. The molecule has 2 rings (SSSR count). The van der Waals surface area contributed by atoms with E-state index in [4.69, 9.17) is 9.15 Å². The van der Waals surface area contributed by atoms with Crippen molar-refractivity contribution in [3.05, 3.63) is 40.2 Å². The summed E-state index contributed by atoms with van der Waals surface area (Å²) in [5.41, 5.74) is 1.18. The van der Waals surface area contributed by atoms with E-state index in [-0.39, 0.29) is 5.63 Å². The molecule has 84 valence electrons. The van der Waals surface area contributed by atoms with Crippen LogP contribution in [0.25, 0.3) is 11.0 Å². The van der Waals surface area contributed by atoms with E-state index in [1.54, 1.807) is 6.07 Å². The summed E-state index contributed by atoms with van der Waals surface area (Å²) in [6.07, 6.45) is 0.954. The summed E-state index contributed by atoms with van der Waals surface area (Å²) in [6, 6.07) is 7.07. The maximum atomic E-state index is 11.2. The lowest BCUT2D eigenvalue weighted by molar-refractivity contribution is 0.317. The molecule has 0 atom stereocenters. The molecule has 0 aliphatic rings. The predicted molar refractivity (Wildman–Crippen MR) is 63.0 cm³/mol. The fourth-order valence-electron chi connectivity index (χ4n) is 1.61. The van der Waals surface area contributed by atoms with Crippen LogP contribution in [0.5, 0.6) is 5.75 Å². The van der Waals surface area contributed by atoms with E-state index in [9.17, 15) is 4.79 Å². The standard InChI is InChI=1S/C13H14O3/c1-3-6-15-10-4-5-11-9(2)7-13(14)16-12(11)8-10/h4-5,7-8H,3,6H2,1-2H3. The van der Waals surface area contributed by atoms with Crippen LogP contribution in [-0.4, -0.2) is 6.61 Å². The van der Waals surface area contributed by atoms with Gasteiger partial charge in [-0.15, -0.1) is 0 Å². The summed E-state index contributed by atoms with van der Waals surface area (Å²) < 4.78 is 10.6. The highest BCUT2D eigenvalue weighted by Gasteiger charge is 2.03. The highest BCUT2D eigenvalue weighted by Crippen LogP contribution is 2.22. The molecule has 3 nitrogen and oxygen atoms in total. The van der Waals surface area contributed by atoms with E-state index in [0.29, 0.717) is 12.2 Å². The van der Waals surface area contributed by atoms with Gasteiger partial charge < -0.3 is 9.15 Å².